The van der Waals surface area contributed by atoms with Gasteiger partial charge in [-0.2, -0.15) is 11.8 Å². The molecule has 0 aliphatic carbocycles. The van der Waals surface area contributed by atoms with Crippen molar-refractivity contribution in [3.63, 3.8) is 0 Å². The van der Waals surface area contributed by atoms with Crippen LogP contribution in [0.15, 0.2) is 28.7 Å². The molecular formula is C13H13FO2S. The Hall–Kier alpha value is -1.29. The van der Waals surface area contributed by atoms with Crippen LogP contribution in [0.25, 0.3) is 11.0 Å². The fourth-order valence-electron chi connectivity index (χ4n) is 1.47. The van der Waals surface area contributed by atoms with Crippen molar-refractivity contribution in [1.82, 2.24) is 0 Å². The Balaban J connectivity index is 2.21. The molecule has 0 fully saturated rings. The van der Waals surface area contributed by atoms with Gasteiger partial charge in [-0.1, -0.05) is 13.8 Å². The van der Waals surface area contributed by atoms with Crippen LogP contribution >= 0.6 is 11.8 Å². The van der Waals surface area contributed by atoms with Gasteiger partial charge in [-0.05, 0) is 29.5 Å². The Bertz CT molecular complexity index is 545. The lowest BCUT2D eigenvalue weighted by Gasteiger charge is -2.01. The summed E-state index contributed by atoms with van der Waals surface area (Å²) in [7, 11) is 0. The smallest absolute Gasteiger partial charge is 0.207 e. The summed E-state index contributed by atoms with van der Waals surface area (Å²) in [6.45, 7) is 4.07. The Morgan fingerprint density at radius 2 is 2.18 bits per heavy atom. The fourth-order valence-corrected chi connectivity index (χ4v) is 2.09. The number of halogens is 1. The molecule has 0 unspecified atom stereocenters. The van der Waals surface area contributed by atoms with Crippen LogP contribution in [0.2, 0.25) is 0 Å². The van der Waals surface area contributed by atoms with E-state index in [1.165, 1.54) is 18.2 Å². The number of ketones is 1. The second-order valence-electron chi connectivity index (χ2n) is 4.08. The van der Waals surface area contributed by atoms with Crippen molar-refractivity contribution < 1.29 is 13.6 Å². The van der Waals surface area contributed by atoms with E-state index in [-0.39, 0.29) is 11.6 Å². The number of fused-ring (bicyclic) bond motifs is 1. The number of carbonyl (C=O) groups excluding carboxylic acids is 1. The molecule has 0 amide bonds. The molecule has 0 aliphatic heterocycles. The molecule has 0 radical (unpaired) electrons. The highest BCUT2D eigenvalue weighted by molar-refractivity contribution is 8.00. The van der Waals surface area contributed by atoms with Crippen LogP contribution in [0.3, 0.4) is 0 Å². The first kappa shape index (κ1) is 12.2. The maximum atomic E-state index is 13.0. The van der Waals surface area contributed by atoms with E-state index >= 15 is 0 Å². The summed E-state index contributed by atoms with van der Waals surface area (Å²) in [4.78, 5) is 11.8. The van der Waals surface area contributed by atoms with Crippen molar-refractivity contribution in [3.05, 3.63) is 35.8 Å². The maximum absolute atomic E-state index is 13.0. The number of hydrogen-bond acceptors (Lipinski definition) is 3. The van der Waals surface area contributed by atoms with Gasteiger partial charge in [0, 0.05) is 5.39 Å². The third-order valence-electron chi connectivity index (χ3n) is 2.30. The van der Waals surface area contributed by atoms with Gasteiger partial charge in [0.2, 0.25) is 5.78 Å². The maximum Gasteiger partial charge on any atom is 0.207 e. The van der Waals surface area contributed by atoms with Gasteiger partial charge in [-0.3, -0.25) is 4.79 Å². The van der Waals surface area contributed by atoms with Gasteiger partial charge in [0.05, 0.1) is 5.75 Å². The second kappa shape index (κ2) is 4.92. The molecule has 1 aromatic heterocycles. The van der Waals surface area contributed by atoms with Gasteiger partial charge < -0.3 is 4.42 Å². The first-order valence-corrected chi connectivity index (χ1v) is 6.45. The minimum Gasteiger partial charge on any atom is -0.453 e. The van der Waals surface area contributed by atoms with E-state index in [2.05, 4.69) is 0 Å². The van der Waals surface area contributed by atoms with Crippen LogP contribution in [-0.4, -0.2) is 16.8 Å². The first-order chi connectivity index (χ1) is 8.06. The number of Topliss-reactive ketones (excluding diaryl/α,β-unsaturated/α-hetero) is 1. The predicted octanol–water partition coefficient (Wildman–Crippen LogP) is 3.90. The van der Waals surface area contributed by atoms with E-state index in [0.29, 0.717) is 27.7 Å². The molecule has 0 saturated heterocycles. The highest BCUT2D eigenvalue weighted by Gasteiger charge is 2.13. The standard InChI is InChI=1S/C13H13FO2S/c1-8(2)17-7-11(15)13-6-9-5-10(14)3-4-12(9)16-13/h3-6,8H,7H2,1-2H3. The highest BCUT2D eigenvalue weighted by atomic mass is 32.2. The quantitative estimate of drug-likeness (QED) is 0.773. The van der Waals surface area contributed by atoms with Gasteiger partial charge in [-0.25, -0.2) is 4.39 Å². The van der Waals surface area contributed by atoms with E-state index in [4.69, 9.17) is 4.42 Å². The van der Waals surface area contributed by atoms with Crippen LogP contribution in [0.5, 0.6) is 0 Å². The number of thioether (sulfide) groups is 1. The molecule has 2 rings (SSSR count). The van der Waals surface area contributed by atoms with Crippen LogP contribution in [-0.2, 0) is 0 Å². The third-order valence-corrected chi connectivity index (χ3v) is 3.40. The fraction of sp³-hybridized carbons (Fsp3) is 0.308. The Morgan fingerprint density at radius 3 is 2.88 bits per heavy atom. The van der Waals surface area contributed by atoms with Gasteiger partial charge in [-0.15, -0.1) is 0 Å². The van der Waals surface area contributed by atoms with Crippen LogP contribution in [0.4, 0.5) is 4.39 Å². The SMILES string of the molecule is CC(C)SCC(=O)c1cc2cc(F)ccc2o1. The average Bonchev–Trinajstić information content (AvgIpc) is 2.68. The molecule has 0 spiro atoms. The van der Waals surface area contributed by atoms with Crippen molar-refractivity contribution in [2.75, 3.05) is 5.75 Å². The molecule has 90 valence electrons. The zero-order valence-corrected chi connectivity index (χ0v) is 10.5. The number of rotatable bonds is 4. The van der Waals surface area contributed by atoms with Crippen LogP contribution in [0.1, 0.15) is 24.4 Å². The van der Waals surface area contributed by atoms with E-state index in [9.17, 15) is 9.18 Å². The molecule has 17 heavy (non-hydrogen) atoms. The second-order valence-corrected chi connectivity index (χ2v) is 5.64. The zero-order valence-electron chi connectivity index (χ0n) is 9.70. The van der Waals surface area contributed by atoms with Crippen molar-refractivity contribution in [3.8, 4) is 0 Å². The zero-order chi connectivity index (χ0) is 12.4. The molecular weight excluding hydrogens is 239 g/mol. The highest BCUT2D eigenvalue weighted by Crippen LogP contribution is 2.22. The van der Waals surface area contributed by atoms with E-state index in [0.717, 1.165) is 0 Å². The topological polar surface area (TPSA) is 30.2 Å². The van der Waals surface area contributed by atoms with Crippen molar-refractivity contribution in [2.24, 2.45) is 0 Å². The lowest BCUT2D eigenvalue weighted by molar-refractivity contribution is 0.0994. The molecule has 1 aromatic carbocycles. The monoisotopic (exact) mass is 252 g/mol. The van der Waals surface area contributed by atoms with Gasteiger partial charge in [0.15, 0.2) is 5.76 Å². The summed E-state index contributed by atoms with van der Waals surface area (Å²) in [6.07, 6.45) is 0. The van der Waals surface area contributed by atoms with Crippen molar-refractivity contribution in [1.29, 1.82) is 0 Å². The summed E-state index contributed by atoms with van der Waals surface area (Å²) in [5, 5.41) is 1.03. The molecule has 0 N–H and O–H groups in total. The molecule has 4 heteroatoms. The molecule has 0 bridgehead atoms. The number of benzene rings is 1. The van der Waals surface area contributed by atoms with Crippen molar-refractivity contribution >= 4 is 28.5 Å². The van der Waals surface area contributed by atoms with Gasteiger partial charge in [0.25, 0.3) is 0 Å². The molecule has 0 atom stereocenters. The lowest BCUT2D eigenvalue weighted by Crippen LogP contribution is -2.03. The minimum absolute atomic E-state index is 0.0553. The average molecular weight is 252 g/mol. The normalized spacial score (nSPS) is 11.3. The molecule has 2 aromatic rings. The Kier molecular flexibility index (Phi) is 3.52. The summed E-state index contributed by atoms with van der Waals surface area (Å²) in [6, 6.07) is 5.83. The van der Waals surface area contributed by atoms with Gasteiger partial charge in [0.1, 0.15) is 11.4 Å². The number of furan rings is 1. The Labute approximate surface area is 103 Å². The minimum atomic E-state index is -0.325. The van der Waals surface area contributed by atoms with Crippen LogP contribution in [0, 0.1) is 5.82 Å². The summed E-state index contributed by atoms with van der Waals surface area (Å²) in [5.41, 5.74) is 0.546. The van der Waals surface area contributed by atoms with E-state index in [1.807, 2.05) is 13.8 Å². The Morgan fingerprint density at radius 1 is 1.41 bits per heavy atom. The molecule has 2 nitrogen and oxygen atoms in total. The van der Waals surface area contributed by atoms with E-state index in [1.54, 1.807) is 17.8 Å². The predicted molar refractivity (Wildman–Crippen MR) is 68.1 cm³/mol. The van der Waals surface area contributed by atoms with Gasteiger partial charge >= 0.3 is 0 Å². The number of hydrogen-bond donors (Lipinski definition) is 0. The molecule has 0 saturated carbocycles. The summed E-state index contributed by atoms with van der Waals surface area (Å²) >= 11 is 1.56. The molecule has 1 heterocycles. The first-order valence-electron chi connectivity index (χ1n) is 5.40. The lowest BCUT2D eigenvalue weighted by atomic mass is 10.2. The summed E-state index contributed by atoms with van der Waals surface area (Å²) < 4.78 is 18.4. The third kappa shape index (κ3) is 2.88. The number of carbonyl (C=O) groups is 1. The largest absolute Gasteiger partial charge is 0.453 e. The molecule has 0 aliphatic rings. The van der Waals surface area contributed by atoms with E-state index < -0.39 is 0 Å². The summed E-state index contributed by atoms with van der Waals surface area (Å²) in [5.74, 6) is 0.313. The van der Waals surface area contributed by atoms with Crippen molar-refractivity contribution in [2.45, 2.75) is 19.1 Å². The van der Waals surface area contributed by atoms with Crippen LogP contribution < -0.4 is 0 Å².